The van der Waals surface area contributed by atoms with Gasteiger partial charge in [0.25, 0.3) is 0 Å². The van der Waals surface area contributed by atoms with Crippen molar-refractivity contribution in [3.8, 4) is 22.3 Å². The number of benzene rings is 4. The van der Waals surface area contributed by atoms with E-state index in [0.717, 1.165) is 44.8 Å². The molecule has 2 aromatic heterocycles. The molecule has 0 unspecified atom stereocenters. The van der Waals surface area contributed by atoms with Gasteiger partial charge in [-0.1, -0.05) is 97.1 Å². The van der Waals surface area contributed by atoms with Crippen LogP contribution in [0.1, 0.15) is 68.4 Å². The number of carbonyl (C=O) groups excluding carboxylic acids is 2. The summed E-state index contributed by atoms with van der Waals surface area (Å²) in [7, 11) is 3.65. The van der Waals surface area contributed by atoms with Crippen LogP contribution in [0.15, 0.2) is 109 Å². The third kappa shape index (κ3) is 7.56. The number of hydrogen-bond donors (Lipinski definition) is 2. The lowest BCUT2D eigenvalue weighted by Crippen LogP contribution is -2.31. The maximum Gasteiger partial charge on any atom is 0.409 e. The zero-order valence-corrected chi connectivity index (χ0v) is 36.1. The Morgan fingerprint density at radius 2 is 0.828 bits per heavy atom. The molecule has 4 heterocycles. The van der Waals surface area contributed by atoms with Crippen molar-refractivity contribution in [1.82, 2.24) is 29.4 Å². The lowest BCUT2D eigenvalue weighted by molar-refractivity contribution is -0.142. The maximum atomic E-state index is 13.0. The number of aliphatic carboxylic acids is 2. The monoisotopic (exact) mass is 862 g/mol. The van der Waals surface area contributed by atoms with Gasteiger partial charge < -0.3 is 29.5 Å². The lowest BCUT2D eigenvalue weighted by atomic mass is 9.89. The van der Waals surface area contributed by atoms with Crippen LogP contribution in [0.3, 0.4) is 0 Å². The minimum absolute atomic E-state index is 0.0272. The van der Waals surface area contributed by atoms with Gasteiger partial charge in [-0.2, -0.15) is 10.2 Å². The molecule has 328 valence electrons. The number of hydrogen-bond acceptors (Lipinski definition) is 8. The zero-order valence-electron chi connectivity index (χ0n) is 36.1. The van der Waals surface area contributed by atoms with Crippen molar-refractivity contribution in [2.75, 3.05) is 39.4 Å². The van der Waals surface area contributed by atoms with E-state index in [-0.39, 0.29) is 50.0 Å². The Kier molecular flexibility index (Phi) is 11.3. The molecule has 64 heavy (non-hydrogen) atoms. The molecule has 2 aliphatic heterocycles. The van der Waals surface area contributed by atoms with Crippen molar-refractivity contribution in [1.29, 1.82) is 0 Å². The number of amides is 2. The van der Waals surface area contributed by atoms with Gasteiger partial charge in [0.05, 0.1) is 24.2 Å². The van der Waals surface area contributed by atoms with Crippen LogP contribution in [-0.2, 0) is 33.2 Å². The molecule has 2 fully saturated rings. The number of aromatic nitrogens is 4. The van der Waals surface area contributed by atoms with E-state index in [1.165, 1.54) is 32.1 Å². The zero-order chi connectivity index (χ0) is 44.8. The molecule has 14 heteroatoms. The van der Waals surface area contributed by atoms with Gasteiger partial charge in [0.15, 0.2) is 0 Å². The first kappa shape index (κ1) is 42.1. The van der Waals surface area contributed by atoms with Crippen molar-refractivity contribution in [3.05, 3.63) is 154 Å². The molecule has 2 saturated heterocycles. The third-order valence-corrected chi connectivity index (χ3v) is 13.8. The summed E-state index contributed by atoms with van der Waals surface area (Å²) < 4.78 is 14.9. The van der Waals surface area contributed by atoms with E-state index in [0.29, 0.717) is 13.1 Å². The largest absolute Gasteiger partial charge is 0.481 e. The second-order valence-corrected chi connectivity index (χ2v) is 17.1. The highest BCUT2D eigenvalue weighted by Gasteiger charge is 2.44. The molecule has 14 nitrogen and oxygen atoms in total. The van der Waals surface area contributed by atoms with Gasteiger partial charge in [-0.3, -0.25) is 19.0 Å². The highest BCUT2D eigenvalue weighted by molar-refractivity contribution is 5.81. The fourth-order valence-corrected chi connectivity index (χ4v) is 10.2. The first-order valence-corrected chi connectivity index (χ1v) is 21.5. The van der Waals surface area contributed by atoms with Gasteiger partial charge in [0, 0.05) is 75.3 Å². The minimum atomic E-state index is -0.910. The molecule has 2 aliphatic carbocycles. The summed E-state index contributed by atoms with van der Waals surface area (Å²) in [5.41, 5.74) is 12.8. The number of carboxylic acids is 2. The van der Waals surface area contributed by atoms with Crippen LogP contribution in [-0.4, -0.2) is 103 Å². The Morgan fingerprint density at radius 1 is 0.516 bits per heavy atom. The predicted octanol–water partition coefficient (Wildman–Crippen LogP) is 7.56. The normalized spacial score (nSPS) is 19.6. The van der Waals surface area contributed by atoms with Gasteiger partial charge in [0.2, 0.25) is 0 Å². The van der Waals surface area contributed by atoms with E-state index in [1.54, 1.807) is 21.8 Å². The van der Waals surface area contributed by atoms with Crippen LogP contribution in [0.5, 0.6) is 0 Å². The second kappa shape index (κ2) is 17.2. The minimum Gasteiger partial charge on any atom is -0.481 e. The van der Waals surface area contributed by atoms with Gasteiger partial charge in [-0.25, -0.2) is 9.59 Å². The summed E-state index contributed by atoms with van der Waals surface area (Å²) in [6.45, 7) is 5.14. The number of fused-ring (bicyclic) bond motifs is 6. The Labute approximate surface area is 370 Å². The van der Waals surface area contributed by atoms with Crippen LogP contribution < -0.4 is 0 Å². The van der Waals surface area contributed by atoms with E-state index in [4.69, 9.17) is 9.47 Å². The number of carboxylic acid groups (broad SMARTS) is 2. The van der Waals surface area contributed by atoms with Crippen LogP contribution in [0.4, 0.5) is 9.59 Å². The van der Waals surface area contributed by atoms with Gasteiger partial charge in [-0.05, 0) is 69.5 Å². The number of ether oxygens (including phenoxy) is 2. The quantitative estimate of drug-likeness (QED) is 0.156. The summed E-state index contributed by atoms with van der Waals surface area (Å²) in [5, 5.41) is 28.0. The number of likely N-dealkylation sites (tertiary alicyclic amines) is 2. The number of nitrogens with zero attached hydrogens (tertiary/aromatic N) is 6. The van der Waals surface area contributed by atoms with Crippen molar-refractivity contribution >= 4 is 24.1 Å². The fourth-order valence-electron chi connectivity index (χ4n) is 10.2. The second-order valence-electron chi connectivity index (χ2n) is 17.1. The topological polar surface area (TPSA) is 169 Å². The summed E-state index contributed by atoms with van der Waals surface area (Å²) >= 11 is 0. The summed E-state index contributed by atoms with van der Waals surface area (Å²) in [4.78, 5) is 52.7. The van der Waals surface area contributed by atoms with Crippen molar-refractivity contribution in [2.24, 2.45) is 25.9 Å². The van der Waals surface area contributed by atoms with E-state index in [9.17, 15) is 29.4 Å². The van der Waals surface area contributed by atoms with Crippen LogP contribution >= 0.6 is 0 Å². The molecule has 2 N–H and O–H groups in total. The van der Waals surface area contributed by atoms with Crippen LogP contribution in [0.2, 0.25) is 0 Å². The molecule has 4 atom stereocenters. The summed E-state index contributed by atoms with van der Waals surface area (Å²) in [6.07, 6.45) is 2.47. The SMILES string of the molecule is Cc1c([C@@H]2CN(C(=O)OCC3c4ccccc4-c4ccccc43)C[C@H]2C(=O)O)cnn1C.Cc1c([C@H]2CN(C(=O)OCC3c4ccccc4-c4ccccc43)C[C@@H]2C(=O)O)cnn1C. The molecule has 6 aromatic rings. The average molecular weight is 863 g/mol. The van der Waals surface area contributed by atoms with Crippen LogP contribution in [0, 0.1) is 25.7 Å². The molecule has 0 radical (unpaired) electrons. The molecular formula is C50H50N6O8. The Balaban J connectivity index is 0.000000162. The number of rotatable bonds is 8. The Morgan fingerprint density at radius 3 is 1.11 bits per heavy atom. The van der Waals surface area contributed by atoms with Crippen molar-refractivity contribution in [3.63, 3.8) is 0 Å². The number of carbonyl (C=O) groups is 4. The van der Waals surface area contributed by atoms with Crippen LogP contribution in [0.25, 0.3) is 22.3 Å². The Hall–Kier alpha value is -7.22. The first-order valence-electron chi connectivity index (χ1n) is 21.5. The van der Waals surface area contributed by atoms with Gasteiger partial charge >= 0.3 is 24.1 Å². The molecular weight excluding hydrogens is 813 g/mol. The number of aryl methyl sites for hydroxylation is 2. The Bertz CT molecular complexity index is 2500. The molecule has 4 aromatic carbocycles. The average Bonchev–Trinajstić information content (AvgIpc) is 4.17. The maximum absolute atomic E-state index is 13.0. The molecule has 0 spiro atoms. The van der Waals surface area contributed by atoms with Gasteiger partial charge in [-0.15, -0.1) is 0 Å². The third-order valence-electron chi connectivity index (χ3n) is 13.8. The van der Waals surface area contributed by atoms with E-state index in [1.807, 2.05) is 76.5 Å². The molecule has 0 bridgehead atoms. The lowest BCUT2D eigenvalue weighted by Gasteiger charge is -2.19. The molecule has 10 rings (SSSR count). The molecule has 0 saturated carbocycles. The summed E-state index contributed by atoms with van der Waals surface area (Å²) in [6, 6.07) is 32.7. The highest BCUT2D eigenvalue weighted by Crippen LogP contribution is 2.46. The standard InChI is InChI=1S/2C25H25N3O4/c2*1-15-20(11-26-27(15)2)21-12-28(13-22(21)24(29)30)25(31)32-14-23-18-9-5-3-7-16(18)17-8-4-6-10-19(17)23/h2*3-11,21-23H,12-14H2,1-2H3,(H,29,30)/t2*21-,22+/m10/s1. The fraction of sp³-hybridized carbons (Fsp3) is 0.320. The highest BCUT2D eigenvalue weighted by atomic mass is 16.6. The summed E-state index contributed by atoms with van der Waals surface area (Å²) in [5.74, 6) is -3.85. The van der Waals surface area contributed by atoms with Crippen molar-refractivity contribution in [2.45, 2.75) is 37.5 Å². The van der Waals surface area contributed by atoms with E-state index < -0.39 is 36.0 Å². The van der Waals surface area contributed by atoms with Crippen molar-refractivity contribution < 1.29 is 38.9 Å². The smallest absolute Gasteiger partial charge is 0.409 e. The van der Waals surface area contributed by atoms with Gasteiger partial charge in [0.1, 0.15) is 13.2 Å². The van der Waals surface area contributed by atoms with E-state index >= 15 is 0 Å². The first-order chi connectivity index (χ1) is 30.9. The molecule has 2 amide bonds. The predicted molar refractivity (Wildman–Crippen MR) is 237 cm³/mol. The van der Waals surface area contributed by atoms with E-state index in [2.05, 4.69) is 58.7 Å². The molecule has 4 aliphatic rings.